The summed E-state index contributed by atoms with van der Waals surface area (Å²) in [6, 6.07) is 18.5. The number of rotatable bonds is 2. The zero-order chi connectivity index (χ0) is 16.7. The molecule has 1 atom stereocenters. The molecule has 24 heavy (non-hydrogen) atoms. The minimum atomic E-state index is -0.338. The van der Waals surface area contributed by atoms with Crippen LogP contribution in [0.4, 0.5) is 11.6 Å². The third kappa shape index (κ3) is 2.41. The summed E-state index contributed by atoms with van der Waals surface area (Å²) in [5.74, 6) is 1.38. The molecule has 0 spiro atoms. The maximum Gasteiger partial charge on any atom is 0.227 e. The summed E-state index contributed by atoms with van der Waals surface area (Å²) < 4.78 is 5.51. The van der Waals surface area contributed by atoms with Gasteiger partial charge in [-0.1, -0.05) is 47.5 Å². The van der Waals surface area contributed by atoms with Gasteiger partial charge in [-0.15, -0.1) is 0 Å². The number of furan rings is 1. The van der Waals surface area contributed by atoms with E-state index < -0.39 is 0 Å². The molecule has 2 N–H and O–H groups in total. The number of anilines is 1. The highest BCUT2D eigenvalue weighted by Crippen LogP contribution is 2.37. The number of aryl methyl sites for hydroxylation is 2. The highest BCUT2D eigenvalue weighted by Gasteiger charge is 2.31. The Hall–Kier alpha value is -2.85. The summed E-state index contributed by atoms with van der Waals surface area (Å²) in [6.07, 6.45) is 1.30. The fourth-order valence-corrected chi connectivity index (χ4v) is 2.94. The molecular weight excluding hydrogens is 298 g/mol. The van der Waals surface area contributed by atoms with Crippen molar-refractivity contribution in [1.82, 2.24) is 0 Å². The molecule has 4 nitrogen and oxygen atoms in total. The fraction of sp³-hybridized carbons (Fsp3) is 0.150. The number of hydrogen-bond donors (Lipinski definition) is 1. The van der Waals surface area contributed by atoms with Crippen molar-refractivity contribution in [2.75, 3.05) is 4.90 Å². The highest BCUT2D eigenvalue weighted by atomic mass is 16.3. The van der Waals surface area contributed by atoms with Crippen molar-refractivity contribution >= 4 is 17.4 Å². The number of hydrogen-bond acceptors (Lipinski definition) is 4. The van der Waals surface area contributed by atoms with Crippen molar-refractivity contribution in [1.29, 1.82) is 0 Å². The van der Waals surface area contributed by atoms with Gasteiger partial charge in [0.2, 0.25) is 5.88 Å². The van der Waals surface area contributed by atoms with Gasteiger partial charge in [0.15, 0.2) is 0 Å². The molecule has 120 valence electrons. The summed E-state index contributed by atoms with van der Waals surface area (Å²) in [7, 11) is 0. The van der Waals surface area contributed by atoms with Crippen LogP contribution in [-0.4, -0.2) is 5.84 Å². The van der Waals surface area contributed by atoms with Crippen molar-refractivity contribution < 1.29 is 4.42 Å². The van der Waals surface area contributed by atoms with E-state index >= 15 is 0 Å². The van der Waals surface area contributed by atoms with E-state index in [-0.39, 0.29) is 6.17 Å². The van der Waals surface area contributed by atoms with Crippen LogP contribution in [0.25, 0.3) is 0 Å². The first-order valence-corrected chi connectivity index (χ1v) is 7.98. The Morgan fingerprint density at radius 2 is 1.54 bits per heavy atom. The number of benzene rings is 2. The lowest BCUT2D eigenvalue weighted by atomic mass is 10.1. The van der Waals surface area contributed by atoms with Crippen LogP contribution < -0.4 is 10.6 Å². The Bertz CT molecular complexity index is 891. The molecule has 1 aliphatic heterocycles. The average Bonchev–Trinajstić information content (AvgIpc) is 3.06. The van der Waals surface area contributed by atoms with E-state index in [1.54, 1.807) is 6.26 Å². The van der Waals surface area contributed by atoms with E-state index in [1.807, 2.05) is 6.07 Å². The van der Waals surface area contributed by atoms with E-state index in [9.17, 15) is 0 Å². The van der Waals surface area contributed by atoms with Crippen LogP contribution in [0.1, 0.15) is 28.4 Å². The van der Waals surface area contributed by atoms with Gasteiger partial charge >= 0.3 is 0 Å². The molecule has 3 aromatic rings. The lowest BCUT2D eigenvalue weighted by Crippen LogP contribution is -2.41. The van der Waals surface area contributed by atoms with Gasteiger partial charge in [-0.2, -0.15) is 4.99 Å². The van der Waals surface area contributed by atoms with E-state index in [1.165, 1.54) is 11.1 Å². The molecule has 4 rings (SSSR count). The number of aliphatic imine (C=N–C) groups is 1. The van der Waals surface area contributed by atoms with Crippen molar-refractivity contribution in [2.45, 2.75) is 20.0 Å². The van der Waals surface area contributed by atoms with Crippen LogP contribution in [-0.2, 0) is 0 Å². The molecule has 1 aliphatic rings. The molecule has 1 unspecified atom stereocenters. The monoisotopic (exact) mass is 317 g/mol. The molecule has 0 fully saturated rings. The van der Waals surface area contributed by atoms with E-state index in [0.29, 0.717) is 5.88 Å². The van der Waals surface area contributed by atoms with Crippen LogP contribution in [0.15, 0.2) is 70.3 Å². The second kappa shape index (κ2) is 5.65. The minimum Gasteiger partial charge on any atom is -0.446 e. The first-order valence-electron chi connectivity index (χ1n) is 7.98. The molecule has 2 aromatic carbocycles. The van der Waals surface area contributed by atoms with Crippen LogP contribution in [0, 0.1) is 13.8 Å². The second-order valence-corrected chi connectivity index (χ2v) is 6.13. The van der Waals surface area contributed by atoms with Gasteiger partial charge in [-0.3, -0.25) is 0 Å². The van der Waals surface area contributed by atoms with Crippen molar-refractivity contribution in [2.24, 2.45) is 10.7 Å². The third-order valence-corrected chi connectivity index (χ3v) is 4.33. The standard InChI is InChI=1S/C20H19N3O/c1-13-3-7-15(8-4-13)19-22-20-17(11-12-24-20)18(21)23(19)16-9-5-14(2)6-10-16/h3-12,18H,21H2,1-2H3. The number of fused-ring (bicyclic) bond motifs is 1. The van der Waals surface area contributed by atoms with E-state index in [2.05, 4.69) is 67.3 Å². The van der Waals surface area contributed by atoms with Gasteiger partial charge in [-0.25, -0.2) is 0 Å². The molecule has 0 radical (unpaired) electrons. The molecule has 0 bridgehead atoms. The lowest BCUT2D eigenvalue weighted by molar-refractivity contribution is 0.565. The third-order valence-electron chi connectivity index (χ3n) is 4.33. The molecule has 0 aliphatic carbocycles. The van der Waals surface area contributed by atoms with E-state index in [4.69, 9.17) is 15.1 Å². The molecule has 4 heteroatoms. The maximum absolute atomic E-state index is 6.55. The van der Waals surface area contributed by atoms with Crippen LogP contribution in [0.5, 0.6) is 0 Å². The van der Waals surface area contributed by atoms with Crippen molar-refractivity contribution in [3.05, 3.63) is 83.1 Å². The molecular formula is C20H19N3O. The molecule has 0 saturated heterocycles. The number of amidine groups is 1. The lowest BCUT2D eigenvalue weighted by Gasteiger charge is -2.34. The van der Waals surface area contributed by atoms with Crippen molar-refractivity contribution in [3.8, 4) is 0 Å². The Morgan fingerprint density at radius 1 is 0.917 bits per heavy atom. The molecule has 0 amide bonds. The topological polar surface area (TPSA) is 54.8 Å². The second-order valence-electron chi connectivity index (χ2n) is 6.13. The zero-order valence-corrected chi connectivity index (χ0v) is 13.7. The summed E-state index contributed by atoms with van der Waals surface area (Å²) in [6.45, 7) is 4.14. The van der Waals surface area contributed by atoms with Crippen LogP contribution in [0.2, 0.25) is 0 Å². The first kappa shape index (κ1) is 14.7. The van der Waals surface area contributed by atoms with Gasteiger partial charge < -0.3 is 15.1 Å². The van der Waals surface area contributed by atoms with Gasteiger partial charge in [0.1, 0.15) is 12.0 Å². The number of nitrogens with two attached hydrogens (primary N) is 1. The predicted octanol–water partition coefficient (Wildman–Crippen LogP) is 4.45. The summed E-state index contributed by atoms with van der Waals surface area (Å²) in [4.78, 5) is 6.79. The van der Waals surface area contributed by atoms with E-state index in [0.717, 1.165) is 22.6 Å². The fourth-order valence-electron chi connectivity index (χ4n) is 2.94. The van der Waals surface area contributed by atoms with Gasteiger partial charge in [0.25, 0.3) is 0 Å². The smallest absolute Gasteiger partial charge is 0.227 e. The Kier molecular flexibility index (Phi) is 3.47. The zero-order valence-electron chi connectivity index (χ0n) is 13.7. The van der Waals surface area contributed by atoms with Crippen LogP contribution >= 0.6 is 0 Å². The maximum atomic E-state index is 6.55. The molecule has 1 aromatic heterocycles. The Balaban J connectivity index is 1.88. The Morgan fingerprint density at radius 3 is 2.21 bits per heavy atom. The largest absolute Gasteiger partial charge is 0.446 e. The van der Waals surface area contributed by atoms with Gasteiger partial charge in [0.05, 0.1) is 11.8 Å². The quantitative estimate of drug-likeness (QED) is 0.759. The summed E-state index contributed by atoms with van der Waals surface area (Å²) >= 11 is 0. The van der Waals surface area contributed by atoms with Gasteiger partial charge in [-0.05, 0) is 32.0 Å². The van der Waals surface area contributed by atoms with Crippen LogP contribution in [0.3, 0.4) is 0 Å². The number of nitrogens with zero attached hydrogens (tertiary/aromatic N) is 2. The SMILES string of the molecule is Cc1ccc(C2=Nc3occc3C(N)N2c2ccc(C)cc2)cc1. The predicted molar refractivity (Wildman–Crippen MR) is 96.7 cm³/mol. The van der Waals surface area contributed by atoms with Crippen molar-refractivity contribution in [3.63, 3.8) is 0 Å². The molecule has 0 saturated carbocycles. The normalized spacial score (nSPS) is 16.7. The minimum absolute atomic E-state index is 0.338. The average molecular weight is 317 g/mol. The molecule has 2 heterocycles. The van der Waals surface area contributed by atoms with Gasteiger partial charge in [0, 0.05) is 11.3 Å². The summed E-state index contributed by atoms with van der Waals surface area (Å²) in [5, 5.41) is 0. The highest BCUT2D eigenvalue weighted by molar-refractivity contribution is 6.12. The Labute approximate surface area is 141 Å². The summed E-state index contributed by atoms with van der Waals surface area (Å²) in [5.41, 5.74) is 11.9. The first-order chi connectivity index (χ1) is 11.6.